The molecule has 0 atom stereocenters. The Balaban J connectivity index is 1.56. The van der Waals surface area contributed by atoms with Gasteiger partial charge in [0.1, 0.15) is 5.82 Å². The van der Waals surface area contributed by atoms with Crippen molar-refractivity contribution in [2.45, 2.75) is 13.8 Å². The zero-order chi connectivity index (χ0) is 18.8. The maximum atomic E-state index is 12.2. The minimum absolute atomic E-state index is 0.252. The quantitative estimate of drug-likeness (QED) is 0.743. The third kappa shape index (κ3) is 3.66. The van der Waals surface area contributed by atoms with E-state index in [1.165, 1.54) is 12.8 Å². The van der Waals surface area contributed by atoms with Crippen LogP contribution in [0.1, 0.15) is 23.0 Å². The first-order chi connectivity index (χ1) is 13.1. The third-order valence-corrected chi connectivity index (χ3v) is 5.30. The minimum Gasteiger partial charge on any atom is -0.459 e. The van der Waals surface area contributed by atoms with Crippen molar-refractivity contribution >= 4 is 28.3 Å². The summed E-state index contributed by atoms with van der Waals surface area (Å²) in [6.07, 6.45) is 1.49. The number of quaternary nitrogens is 1. The lowest BCUT2D eigenvalue weighted by atomic mass is 10.1. The molecule has 0 radical (unpaired) electrons. The van der Waals surface area contributed by atoms with Gasteiger partial charge in [0, 0.05) is 11.1 Å². The van der Waals surface area contributed by atoms with Crippen LogP contribution < -0.4 is 15.1 Å². The highest BCUT2D eigenvalue weighted by atomic mass is 16.3. The topological polar surface area (TPSA) is 62.8 Å². The van der Waals surface area contributed by atoms with Crippen LogP contribution in [0.5, 0.6) is 0 Å². The van der Waals surface area contributed by atoms with Gasteiger partial charge in [-0.05, 0) is 55.8 Å². The van der Waals surface area contributed by atoms with Crippen molar-refractivity contribution in [3.05, 3.63) is 54.0 Å². The summed E-state index contributed by atoms with van der Waals surface area (Å²) in [5, 5.41) is 3.93. The van der Waals surface area contributed by atoms with E-state index in [2.05, 4.69) is 30.1 Å². The van der Waals surface area contributed by atoms with E-state index >= 15 is 0 Å². The standard InChI is InChI=1S/C21H24N4O2/c1-3-24-8-10-25(11-9-24)20-13-15(2)17-14-16(6-7-18(17)23-20)22-21(26)19-5-4-12-27-19/h4-7,12-14H,3,8-11H2,1-2H3,(H,22,26)/p+1. The number of hydrogen-bond acceptors (Lipinski definition) is 4. The number of benzene rings is 1. The molecule has 0 unspecified atom stereocenters. The van der Waals surface area contributed by atoms with Crippen LogP contribution in [0.15, 0.2) is 47.1 Å². The molecule has 2 N–H and O–H groups in total. The van der Waals surface area contributed by atoms with Crippen molar-refractivity contribution in [2.24, 2.45) is 0 Å². The number of hydrogen-bond donors (Lipinski definition) is 2. The van der Waals surface area contributed by atoms with Crippen LogP contribution in [0.4, 0.5) is 11.5 Å². The number of anilines is 2. The number of aromatic nitrogens is 1. The SMILES string of the molecule is CC[NH+]1CCN(c2cc(C)c3cc(NC(=O)c4ccco4)ccc3n2)CC1. The van der Waals surface area contributed by atoms with Crippen LogP contribution in [0.3, 0.4) is 0 Å². The molecule has 3 aromatic rings. The second-order valence-corrected chi connectivity index (χ2v) is 7.05. The van der Waals surface area contributed by atoms with Crippen LogP contribution in [-0.2, 0) is 0 Å². The van der Waals surface area contributed by atoms with Crippen LogP contribution in [0.25, 0.3) is 10.9 Å². The molecule has 4 rings (SSSR count). The first kappa shape index (κ1) is 17.5. The second kappa shape index (κ2) is 7.40. The number of likely N-dealkylation sites (N-methyl/N-ethyl adjacent to an activating group) is 1. The molecular weight excluding hydrogens is 340 g/mol. The van der Waals surface area contributed by atoms with Gasteiger partial charge in [-0.25, -0.2) is 4.98 Å². The number of aryl methyl sites for hydroxylation is 1. The number of rotatable bonds is 4. The van der Waals surface area contributed by atoms with E-state index in [0.29, 0.717) is 5.76 Å². The molecule has 0 aliphatic carbocycles. The number of amides is 1. The highest BCUT2D eigenvalue weighted by molar-refractivity contribution is 6.03. The van der Waals surface area contributed by atoms with Gasteiger partial charge >= 0.3 is 0 Å². The third-order valence-electron chi connectivity index (χ3n) is 5.30. The molecule has 140 valence electrons. The van der Waals surface area contributed by atoms with Gasteiger partial charge in [0.15, 0.2) is 5.76 Å². The lowest BCUT2D eigenvalue weighted by Gasteiger charge is -2.32. The number of furan rings is 1. The molecule has 27 heavy (non-hydrogen) atoms. The lowest BCUT2D eigenvalue weighted by Crippen LogP contribution is -3.14. The summed E-state index contributed by atoms with van der Waals surface area (Å²) in [4.78, 5) is 21.1. The maximum Gasteiger partial charge on any atom is 0.291 e. The van der Waals surface area contributed by atoms with Crippen LogP contribution in [0, 0.1) is 6.92 Å². The van der Waals surface area contributed by atoms with Gasteiger partial charge < -0.3 is 19.5 Å². The fourth-order valence-electron chi connectivity index (χ4n) is 3.62. The Kier molecular flexibility index (Phi) is 4.81. The lowest BCUT2D eigenvalue weighted by molar-refractivity contribution is -0.898. The Bertz CT molecular complexity index is 944. The summed E-state index contributed by atoms with van der Waals surface area (Å²) in [6.45, 7) is 9.92. The van der Waals surface area contributed by atoms with Gasteiger partial charge in [-0.2, -0.15) is 0 Å². The summed E-state index contributed by atoms with van der Waals surface area (Å²) < 4.78 is 5.15. The highest BCUT2D eigenvalue weighted by Gasteiger charge is 2.20. The molecule has 6 nitrogen and oxygen atoms in total. The average Bonchev–Trinajstić information content (AvgIpc) is 3.23. The van der Waals surface area contributed by atoms with Gasteiger partial charge in [-0.1, -0.05) is 0 Å². The largest absolute Gasteiger partial charge is 0.459 e. The molecular formula is C21H25N4O2+. The van der Waals surface area contributed by atoms with E-state index in [9.17, 15) is 4.79 Å². The number of carbonyl (C=O) groups is 1. The molecule has 0 bridgehead atoms. The normalized spacial score (nSPS) is 15.3. The highest BCUT2D eigenvalue weighted by Crippen LogP contribution is 2.25. The molecule has 1 amide bonds. The molecule has 3 heterocycles. The van der Waals surface area contributed by atoms with E-state index < -0.39 is 0 Å². The fourth-order valence-corrected chi connectivity index (χ4v) is 3.62. The molecule has 1 saturated heterocycles. The monoisotopic (exact) mass is 365 g/mol. The fraction of sp³-hybridized carbons (Fsp3) is 0.333. The molecule has 1 aromatic carbocycles. The predicted octanol–water partition coefficient (Wildman–Crippen LogP) is 2.11. The van der Waals surface area contributed by atoms with Crippen molar-refractivity contribution in [3.8, 4) is 0 Å². The van der Waals surface area contributed by atoms with E-state index in [-0.39, 0.29) is 5.91 Å². The Labute approximate surface area is 158 Å². The van der Waals surface area contributed by atoms with Crippen molar-refractivity contribution < 1.29 is 14.1 Å². The van der Waals surface area contributed by atoms with Gasteiger partial charge in [0.05, 0.1) is 44.5 Å². The smallest absolute Gasteiger partial charge is 0.291 e. The Morgan fingerprint density at radius 3 is 2.78 bits per heavy atom. The van der Waals surface area contributed by atoms with Gasteiger partial charge in [0.2, 0.25) is 0 Å². The van der Waals surface area contributed by atoms with Crippen molar-refractivity contribution in [2.75, 3.05) is 42.9 Å². The summed E-state index contributed by atoms with van der Waals surface area (Å²) >= 11 is 0. The summed E-state index contributed by atoms with van der Waals surface area (Å²) in [5.41, 5.74) is 2.85. The number of nitrogens with zero attached hydrogens (tertiary/aromatic N) is 2. The Hall–Kier alpha value is -2.86. The number of nitrogens with one attached hydrogen (secondary N) is 2. The first-order valence-corrected chi connectivity index (χ1v) is 9.49. The molecule has 1 aliphatic heterocycles. The second-order valence-electron chi connectivity index (χ2n) is 7.05. The molecule has 2 aromatic heterocycles. The average molecular weight is 365 g/mol. The molecule has 1 aliphatic rings. The molecule has 1 fully saturated rings. The van der Waals surface area contributed by atoms with E-state index in [1.54, 1.807) is 17.0 Å². The van der Waals surface area contributed by atoms with Crippen LogP contribution >= 0.6 is 0 Å². The summed E-state index contributed by atoms with van der Waals surface area (Å²) in [7, 11) is 0. The Morgan fingerprint density at radius 1 is 1.26 bits per heavy atom. The Morgan fingerprint density at radius 2 is 2.07 bits per heavy atom. The van der Waals surface area contributed by atoms with Crippen molar-refractivity contribution in [1.29, 1.82) is 0 Å². The number of piperazine rings is 1. The maximum absolute atomic E-state index is 12.2. The predicted molar refractivity (Wildman–Crippen MR) is 107 cm³/mol. The molecule has 6 heteroatoms. The van der Waals surface area contributed by atoms with E-state index in [4.69, 9.17) is 9.40 Å². The van der Waals surface area contributed by atoms with Gasteiger partial charge in [-0.3, -0.25) is 4.79 Å². The van der Waals surface area contributed by atoms with Crippen molar-refractivity contribution in [1.82, 2.24) is 4.98 Å². The molecule has 0 spiro atoms. The van der Waals surface area contributed by atoms with E-state index in [1.807, 2.05) is 18.2 Å². The zero-order valence-corrected chi connectivity index (χ0v) is 15.8. The molecule has 0 saturated carbocycles. The first-order valence-electron chi connectivity index (χ1n) is 9.49. The summed E-state index contributed by atoms with van der Waals surface area (Å²) in [6, 6.07) is 11.3. The number of pyridine rings is 1. The summed E-state index contributed by atoms with van der Waals surface area (Å²) in [5.74, 6) is 1.09. The van der Waals surface area contributed by atoms with Crippen molar-refractivity contribution in [3.63, 3.8) is 0 Å². The minimum atomic E-state index is -0.252. The number of carbonyl (C=O) groups excluding carboxylic acids is 1. The zero-order valence-electron chi connectivity index (χ0n) is 15.8. The van der Waals surface area contributed by atoms with Crippen LogP contribution in [-0.4, -0.2) is 43.6 Å². The number of fused-ring (bicyclic) bond motifs is 1. The van der Waals surface area contributed by atoms with E-state index in [0.717, 1.165) is 54.2 Å². The van der Waals surface area contributed by atoms with Gasteiger partial charge in [0.25, 0.3) is 5.91 Å². The van der Waals surface area contributed by atoms with Crippen LogP contribution in [0.2, 0.25) is 0 Å². The van der Waals surface area contributed by atoms with Gasteiger partial charge in [-0.15, -0.1) is 0 Å².